The molecule has 0 bridgehead atoms. The fraction of sp³-hybridized carbons (Fsp3) is 0.462. The SMILES string of the molecule is O=C(O)c1cc(SCCN2CCCC2)ccc1Cl. The summed E-state index contributed by atoms with van der Waals surface area (Å²) in [6.07, 6.45) is 2.60. The van der Waals surface area contributed by atoms with Gasteiger partial charge in [0.2, 0.25) is 0 Å². The number of halogens is 1. The number of rotatable bonds is 5. The number of hydrogen-bond donors (Lipinski definition) is 1. The van der Waals surface area contributed by atoms with Crippen molar-refractivity contribution < 1.29 is 9.90 Å². The fourth-order valence-corrected chi connectivity index (χ4v) is 3.21. The summed E-state index contributed by atoms with van der Waals surface area (Å²) < 4.78 is 0. The van der Waals surface area contributed by atoms with E-state index in [-0.39, 0.29) is 5.56 Å². The molecule has 3 nitrogen and oxygen atoms in total. The van der Waals surface area contributed by atoms with Crippen LogP contribution in [0.2, 0.25) is 5.02 Å². The highest BCUT2D eigenvalue weighted by atomic mass is 35.5. The van der Waals surface area contributed by atoms with Crippen molar-refractivity contribution in [2.24, 2.45) is 0 Å². The van der Waals surface area contributed by atoms with E-state index in [0.29, 0.717) is 5.02 Å². The molecule has 0 aromatic heterocycles. The molecular weight excluding hydrogens is 270 g/mol. The van der Waals surface area contributed by atoms with Gasteiger partial charge in [-0.15, -0.1) is 11.8 Å². The van der Waals surface area contributed by atoms with Crippen molar-refractivity contribution in [2.75, 3.05) is 25.4 Å². The van der Waals surface area contributed by atoms with Gasteiger partial charge in [0.05, 0.1) is 10.6 Å². The molecule has 0 unspecified atom stereocenters. The van der Waals surface area contributed by atoms with Crippen LogP contribution >= 0.6 is 23.4 Å². The largest absolute Gasteiger partial charge is 0.478 e. The Morgan fingerprint density at radius 2 is 2.11 bits per heavy atom. The van der Waals surface area contributed by atoms with Crippen molar-refractivity contribution >= 4 is 29.3 Å². The number of carbonyl (C=O) groups is 1. The number of benzene rings is 1. The van der Waals surface area contributed by atoms with E-state index in [4.69, 9.17) is 16.7 Å². The van der Waals surface area contributed by atoms with Crippen LogP contribution in [0.5, 0.6) is 0 Å². The van der Waals surface area contributed by atoms with E-state index < -0.39 is 5.97 Å². The van der Waals surface area contributed by atoms with Gasteiger partial charge in [-0.2, -0.15) is 0 Å². The molecule has 0 saturated carbocycles. The maximum atomic E-state index is 11.0. The highest BCUT2D eigenvalue weighted by Crippen LogP contribution is 2.25. The van der Waals surface area contributed by atoms with E-state index in [1.54, 1.807) is 23.9 Å². The first-order valence-electron chi connectivity index (χ1n) is 6.05. The third kappa shape index (κ3) is 3.64. The quantitative estimate of drug-likeness (QED) is 0.843. The molecule has 0 radical (unpaired) electrons. The highest BCUT2D eigenvalue weighted by Gasteiger charge is 2.12. The number of thioether (sulfide) groups is 1. The molecule has 1 saturated heterocycles. The lowest BCUT2D eigenvalue weighted by Crippen LogP contribution is -2.21. The smallest absolute Gasteiger partial charge is 0.337 e. The predicted molar refractivity (Wildman–Crippen MR) is 74.8 cm³/mol. The van der Waals surface area contributed by atoms with Crippen LogP contribution in [0.3, 0.4) is 0 Å². The second-order valence-corrected chi connectivity index (χ2v) is 5.92. The van der Waals surface area contributed by atoms with Crippen LogP contribution in [0.1, 0.15) is 23.2 Å². The van der Waals surface area contributed by atoms with Crippen LogP contribution in [0.4, 0.5) is 0 Å². The lowest BCUT2D eigenvalue weighted by molar-refractivity contribution is 0.0697. The number of hydrogen-bond acceptors (Lipinski definition) is 3. The Hall–Kier alpha value is -0.710. The maximum Gasteiger partial charge on any atom is 0.337 e. The van der Waals surface area contributed by atoms with E-state index in [1.165, 1.54) is 25.9 Å². The molecule has 2 rings (SSSR count). The molecule has 98 valence electrons. The van der Waals surface area contributed by atoms with Crippen molar-refractivity contribution in [3.63, 3.8) is 0 Å². The van der Waals surface area contributed by atoms with Crippen LogP contribution in [0.25, 0.3) is 0 Å². The van der Waals surface area contributed by atoms with Gasteiger partial charge >= 0.3 is 5.97 Å². The zero-order chi connectivity index (χ0) is 13.0. The molecule has 1 fully saturated rings. The molecule has 0 aliphatic carbocycles. The average Bonchev–Trinajstić information content (AvgIpc) is 2.84. The Kier molecular flexibility index (Phi) is 4.92. The summed E-state index contributed by atoms with van der Waals surface area (Å²) in [6, 6.07) is 5.19. The Morgan fingerprint density at radius 1 is 1.39 bits per heavy atom. The Morgan fingerprint density at radius 3 is 2.78 bits per heavy atom. The third-order valence-electron chi connectivity index (χ3n) is 3.04. The number of carboxylic acid groups (broad SMARTS) is 1. The van der Waals surface area contributed by atoms with Gasteiger partial charge < -0.3 is 10.0 Å². The number of nitrogens with zero attached hydrogens (tertiary/aromatic N) is 1. The van der Waals surface area contributed by atoms with Crippen LogP contribution in [-0.4, -0.2) is 41.4 Å². The molecule has 1 aromatic rings. The summed E-state index contributed by atoms with van der Waals surface area (Å²) in [7, 11) is 0. The molecule has 1 aliphatic rings. The van der Waals surface area contributed by atoms with Gasteiger partial charge in [0.25, 0.3) is 0 Å². The van der Waals surface area contributed by atoms with E-state index in [9.17, 15) is 4.79 Å². The lowest BCUT2D eigenvalue weighted by Gasteiger charge is -2.13. The van der Waals surface area contributed by atoms with Crippen molar-refractivity contribution in [3.8, 4) is 0 Å². The first-order valence-corrected chi connectivity index (χ1v) is 7.41. The summed E-state index contributed by atoms with van der Waals surface area (Å²) in [5, 5.41) is 9.28. The molecule has 0 atom stereocenters. The predicted octanol–water partition coefficient (Wildman–Crippen LogP) is 3.23. The molecule has 1 N–H and O–H groups in total. The van der Waals surface area contributed by atoms with E-state index in [0.717, 1.165) is 17.2 Å². The van der Waals surface area contributed by atoms with Gasteiger partial charge in [-0.25, -0.2) is 4.79 Å². The Bertz CT molecular complexity index is 433. The molecular formula is C13H16ClNO2S. The van der Waals surface area contributed by atoms with Gasteiger partial charge in [0, 0.05) is 17.2 Å². The second-order valence-electron chi connectivity index (χ2n) is 4.34. The normalized spacial score (nSPS) is 16.1. The number of likely N-dealkylation sites (tertiary alicyclic amines) is 1. The number of carboxylic acids is 1. The molecule has 0 spiro atoms. The maximum absolute atomic E-state index is 11.0. The summed E-state index contributed by atoms with van der Waals surface area (Å²) >= 11 is 7.51. The Labute approximate surface area is 116 Å². The first-order chi connectivity index (χ1) is 8.66. The minimum absolute atomic E-state index is 0.183. The zero-order valence-corrected chi connectivity index (χ0v) is 11.6. The Balaban J connectivity index is 1.88. The molecule has 1 aliphatic heterocycles. The minimum atomic E-state index is -0.970. The second kappa shape index (κ2) is 6.45. The van der Waals surface area contributed by atoms with Crippen LogP contribution < -0.4 is 0 Å². The summed E-state index contributed by atoms with van der Waals surface area (Å²) in [6.45, 7) is 3.46. The van der Waals surface area contributed by atoms with Crippen LogP contribution in [0.15, 0.2) is 23.1 Å². The van der Waals surface area contributed by atoms with E-state index >= 15 is 0 Å². The van der Waals surface area contributed by atoms with Crippen molar-refractivity contribution in [1.82, 2.24) is 4.90 Å². The fourth-order valence-electron chi connectivity index (χ4n) is 2.06. The lowest BCUT2D eigenvalue weighted by atomic mass is 10.2. The number of aromatic carboxylic acids is 1. The van der Waals surface area contributed by atoms with Crippen molar-refractivity contribution in [2.45, 2.75) is 17.7 Å². The topological polar surface area (TPSA) is 40.5 Å². The average molecular weight is 286 g/mol. The minimum Gasteiger partial charge on any atom is -0.478 e. The zero-order valence-electron chi connectivity index (χ0n) is 10.1. The van der Waals surface area contributed by atoms with Gasteiger partial charge in [0.15, 0.2) is 0 Å². The molecule has 1 aromatic carbocycles. The monoisotopic (exact) mass is 285 g/mol. The molecule has 5 heteroatoms. The van der Waals surface area contributed by atoms with Gasteiger partial charge in [-0.05, 0) is 44.1 Å². The summed E-state index contributed by atoms with van der Waals surface area (Å²) in [5.74, 6) is 0.0164. The summed E-state index contributed by atoms with van der Waals surface area (Å²) in [5.41, 5.74) is 0.183. The van der Waals surface area contributed by atoms with Gasteiger partial charge in [0.1, 0.15) is 0 Å². The van der Waals surface area contributed by atoms with Crippen LogP contribution in [-0.2, 0) is 0 Å². The van der Waals surface area contributed by atoms with Gasteiger partial charge in [-0.1, -0.05) is 11.6 Å². The van der Waals surface area contributed by atoms with Crippen molar-refractivity contribution in [3.05, 3.63) is 28.8 Å². The highest BCUT2D eigenvalue weighted by molar-refractivity contribution is 7.99. The van der Waals surface area contributed by atoms with Crippen LogP contribution in [0, 0.1) is 0 Å². The molecule has 0 amide bonds. The van der Waals surface area contributed by atoms with E-state index in [2.05, 4.69) is 4.90 Å². The molecule has 1 heterocycles. The first kappa shape index (κ1) is 13.7. The van der Waals surface area contributed by atoms with Crippen molar-refractivity contribution in [1.29, 1.82) is 0 Å². The molecule has 18 heavy (non-hydrogen) atoms. The standard InChI is InChI=1S/C13H16ClNO2S/c14-12-4-3-10(9-11(12)13(16)17)18-8-7-15-5-1-2-6-15/h3-4,9H,1-2,5-8H2,(H,16,17). The third-order valence-corrected chi connectivity index (χ3v) is 4.35. The van der Waals surface area contributed by atoms with E-state index in [1.807, 2.05) is 6.07 Å². The van der Waals surface area contributed by atoms with Gasteiger partial charge in [-0.3, -0.25) is 0 Å². The summed E-state index contributed by atoms with van der Waals surface area (Å²) in [4.78, 5) is 14.4.